The fraction of sp³-hybridized carbons (Fsp3) is 0.619. The summed E-state index contributed by atoms with van der Waals surface area (Å²) >= 11 is 0. The van der Waals surface area contributed by atoms with Gasteiger partial charge >= 0.3 is 6.09 Å². The number of fused-ring (bicyclic) bond motifs is 2. The lowest BCUT2D eigenvalue weighted by Crippen LogP contribution is -2.49. The summed E-state index contributed by atoms with van der Waals surface area (Å²) in [5.74, 6) is -0.387. The zero-order valence-corrected chi connectivity index (χ0v) is 16.5. The van der Waals surface area contributed by atoms with Gasteiger partial charge in [-0.25, -0.2) is 9.18 Å². The molecule has 3 rings (SSSR count). The van der Waals surface area contributed by atoms with E-state index in [1.807, 2.05) is 32.6 Å². The van der Waals surface area contributed by atoms with Gasteiger partial charge in [-0.3, -0.25) is 4.79 Å². The lowest BCUT2D eigenvalue weighted by atomic mass is 9.85. The third-order valence-electron chi connectivity index (χ3n) is 5.18. The first kappa shape index (κ1) is 19.6. The van der Waals surface area contributed by atoms with Gasteiger partial charge in [-0.2, -0.15) is 0 Å². The molecule has 2 atom stereocenters. The molecule has 1 amide bonds. The monoisotopic (exact) mass is 377 g/mol. The standard InChI is InChI=1S/C21H28FNO4/c1-5-26-18-11-13(8-15(22)12-18)19(24)14-9-16-6-7-17(10-14)23(16)20(25)27-21(2,3)4/h8,11-12,14,16-17H,5-7,9-10H2,1-4H3. The molecule has 27 heavy (non-hydrogen) atoms. The maximum absolute atomic E-state index is 13.9. The molecule has 148 valence electrons. The number of amides is 1. The Labute approximate surface area is 159 Å². The third kappa shape index (κ3) is 4.42. The molecule has 1 aromatic carbocycles. The van der Waals surface area contributed by atoms with Crippen LogP contribution in [0, 0.1) is 11.7 Å². The maximum Gasteiger partial charge on any atom is 0.410 e. The molecule has 2 aliphatic heterocycles. The van der Waals surface area contributed by atoms with Crippen LogP contribution in [0.15, 0.2) is 18.2 Å². The van der Waals surface area contributed by atoms with Crippen LogP contribution in [0.5, 0.6) is 5.75 Å². The Kier molecular flexibility index (Phi) is 5.45. The van der Waals surface area contributed by atoms with Gasteiger partial charge in [0.15, 0.2) is 5.78 Å². The van der Waals surface area contributed by atoms with Gasteiger partial charge in [-0.15, -0.1) is 0 Å². The second-order valence-electron chi connectivity index (χ2n) is 8.41. The molecular formula is C21H28FNO4. The molecule has 0 spiro atoms. The molecule has 0 N–H and O–H groups in total. The fourth-order valence-electron chi connectivity index (χ4n) is 4.19. The molecule has 0 aliphatic carbocycles. The number of hydrogen-bond donors (Lipinski definition) is 0. The van der Waals surface area contributed by atoms with Crippen LogP contribution in [0.3, 0.4) is 0 Å². The van der Waals surface area contributed by atoms with Gasteiger partial charge in [0.1, 0.15) is 17.2 Å². The van der Waals surface area contributed by atoms with Crippen LogP contribution in [-0.2, 0) is 4.74 Å². The van der Waals surface area contributed by atoms with Crippen LogP contribution in [0.2, 0.25) is 0 Å². The molecule has 0 saturated carbocycles. The number of rotatable bonds is 4. The Morgan fingerprint density at radius 2 is 1.78 bits per heavy atom. The van der Waals surface area contributed by atoms with Crippen molar-refractivity contribution in [3.8, 4) is 5.75 Å². The molecule has 2 bridgehead atoms. The van der Waals surface area contributed by atoms with Crippen molar-refractivity contribution in [2.75, 3.05) is 6.61 Å². The van der Waals surface area contributed by atoms with Gasteiger partial charge in [-0.1, -0.05) is 0 Å². The van der Waals surface area contributed by atoms with Crippen LogP contribution in [-0.4, -0.2) is 41.1 Å². The van der Waals surface area contributed by atoms with E-state index in [4.69, 9.17) is 9.47 Å². The van der Waals surface area contributed by atoms with E-state index in [1.165, 1.54) is 12.1 Å². The smallest absolute Gasteiger partial charge is 0.410 e. The lowest BCUT2D eigenvalue weighted by molar-refractivity contribution is 0.00254. The predicted octanol–water partition coefficient (Wildman–Crippen LogP) is 4.59. The van der Waals surface area contributed by atoms with E-state index in [1.54, 1.807) is 6.07 Å². The minimum absolute atomic E-state index is 0.00692. The van der Waals surface area contributed by atoms with Crippen LogP contribution in [0.4, 0.5) is 9.18 Å². The number of ketones is 1. The minimum Gasteiger partial charge on any atom is -0.494 e. The molecule has 6 heteroatoms. The Hall–Kier alpha value is -2.11. The highest BCUT2D eigenvalue weighted by Crippen LogP contribution is 2.41. The predicted molar refractivity (Wildman–Crippen MR) is 99.5 cm³/mol. The van der Waals surface area contributed by atoms with Crippen molar-refractivity contribution in [3.05, 3.63) is 29.6 Å². The van der Waals surface area contributed by atoms with E-state index in [0.717, 1.165) is 12.8 Å². The summed E-state index contributed by atoms with van der Waals surface area (Å²) in [5.41, 5.74) is -0.200. The topological polar surface area (TPSA) is 55.8 Å². The van der Waals surface area contributed by atoms with Gasteiger partial charge in [0.2, 0.25) is 0 Å². The highest BCUT2D eigenvalue weighted by molar-refractivity contribution is 5.98. The average molecular weight is 377 g/mol. The molecule has 2 aliphatic rings. The van der Waals surface area contributed by atoms with Crippen molar-refractivity contribution < 1.29 is 23.5 Å². The number of nitrogens with zero attached hydrogens (tertiary/aromatic N) is 1. The summed E-state index contributed by atoms with van der Waals surface area (Å²) in [5, 5.41) is 0. The van der Waals surface area contributed by atoms with Gasteiger partial charge in [0.25, 0.3) is 0 Å². The molecule has 5 nitrogen and oxygen atoms in total. The van der Waals surface area contributed by atoms with Crippen LogP contribution in [0.25, 0.3) is 0 Å². The van der Waals surface area contributed by atoms with Crippen molar-refractivity contribution in [3.63, 3.8) is 0 Å². The van der Waals surface area contributed by atoms with E-state index in [2.05, 4.69) is 0 Å². The van der Waals surface area contributed by atoms with Gasteiger partial charge in [-0.05, 0) is 65.5 Å². The number of carbonyl (C=O) groups excluding carboxylic acids is 2. The number of hydrogen-bond acceptors (Lipinski definition) is 4. The molecule has 2 unspecified atom stereocenters. The van der Waals surface area contributed by atoms with Gasteiger partial charge in [0.05, 0.1) is 6.61 Å². The molecule has 2 heterocycles. The zero-order valence-electron chi connectivity index (χ0n) is 16.5. The van der Waals surface area contributed by atoms with E-state index in [0.29, 0.717) is 30.8 Å². The molecule has 2 saturated heterocycles. The van der Waals surface area contributed by atoms with Gasteiger partial charge < -0.3 is 14.4 Å². The molecule has 0 radical (unpaired) electrons. The largest absolute Gasteiger partial charge is 0.494 e. The number of benzene rings is 1. The third-order valence-corrected chi connectivity index (χ3v) is 5.18. The summed E-state index contributed by atoms with van der Waals surface area (Å²) < 4.78 is 24.8. The van der Waals surface area contributed by atoms with E-state index < -0.39 is 11.4 Å². The van der Waals surface area contributed by atoms with Crippen LogP contribution >= 0.6 is 0 Å². The molecule has 1 aromatic rings. The van der Waals surface area contributed by atoms with Crippen molar-refractivity contribution in [2.45, 2.75) is 71.1 Å². The Balaban J connectivity index is 1.73. The highest BCUT2D eigenvalue weighted by Gasteiger charge is 2.46. The van der Waals surface area contributed by atoms with Crippen molar-refractivity contribution >= 4 is 11.9 Å². The quantitative estimate of drug-likeness (QED) is 0.721. The number of halogens is 1. The van der Waals surface area contributed by atoms with E-state index in [-0.39, 0.29) is 29.9 Å². The first-order chi connectivity index (χ1) is 12.7. The number of Topliss-reactive ketones (excluding diaryl/α,β-unsaturated/α-hetero) is 1. The summed E-state index contributed by atoms with van der Waals surface area (Å²) in [4.78, 5) is 27.3. The summed E-state index contributed by atoms with van der Waals surface area (Å²) in [6, 6.07) is 4.18. The second-order valence-corrected chi connectivity index (χ2v) is 8.41. The van der Waals surface area contributed by atoms with Crippen molar-refractivity contribution in [1.82, 2.24) is 4.90 Å². The Morgan fingerprint density at radius 3 is 2.33 bits per heavy atom. The fourth-order valence-corrected chi connectivity index (χ4v) is 4.19. The zero-order chi connectivity index (χ0) is 19.8. The second kappa shape index (κ2) is 7.49. The first-order valence-electron chi connectivity index (χ1n) is 9.67. The summed E-state index contributed by atoms with van der Waals surface area (Å²) in [6.45, 7) is 7.78. The molecular weight excluding hydrogens is 349 g/mol. The maximum atomic E-state index is 13.9. The van der Waals surface area contributed by atoms with E-state index >= 15 is 0 Å². The Bertz CT molecular complexity index is 713. The SMILES string of the molecule is CCOc1cc(F)cc(C(=O)C2CC3CCC(C2)N3C(=O)OC(C)(C)C)c1. The Morgan fingerprint density at radius 1 is 1.15 bits per heavy atom. The minimum atomic E-state index is -0.541. The number of carbonyl (C=O) groups is 2. The lowest BCUT2D eigenvalue weighted by Gasteiger charge is -2.39. The van der Waals surface area contributed by atoms with Crippen LogP contribution < -0.4 is 4.74 Å². The summed E-state index contributed by atoms with van der Waals surface area (Å²) in [6.07, 6.45) is 2.64. The van der Waals surface area contributed by atoms with Crippen LogP contribution in [0.1, 0.15) is 63.7 Å². The summed E-state index contributed by atoms with van der Waals surface area (Å²) in [7, 11) is 0. The van der Waals surface area contributed by atoms with Crippen molar-refractivity contribution in [2.24, 2.45) is 5.92 Å². The number of piperidine rings is 1. The molecule has 2 fully saturated rings. The average Bonchev–Trinajstić information content (AvgIpc) is 2.83. The first-order valence-corrected chi connectivity index (χ1v) is 9.67. The highest BCUT2D eigenvalue weighted by atomic mass is 19.1. The molecule has 0 aromatic heterocycles. The van der Waals surface area contributed by atoms with Gasteiger partial charge in [0, 0.05) is 29.6 Å². The van der Waals surface area contributed by atoms with Crippen molar-refractivity contribution in [1.29, 1.82) is 0 Å². The number of ether oxygens (including phenoxy) is 2. The van der Waals surface area contributed by atoms with E-state index in [9.17, 15) is 14.0 Å². The normalized spacial score (nSPS) is 24.6.